The van der Waals surface area contributed by atoms with E-state index in [9.17, 15) is 14.4 Å². The topological polar surface area (TPSA) is 78.9 Å². The van der Waals surface area contributed by atoms with Crippen molar-refractivity contribution in [1.29, 1.82) is 0 Å². The second-order valence-electron chi connectivity index (χ2n) is 20.9. The van der Waals surface area contributed by atoms with Crippen molar-refractivity contribution >= 4 is 17.9 Å². The van der Waals surface area contributed by atoms with Crippen LogP contribution in [-0.4, -0.2) is 37.2 Å². The van der Waals surface area contributed by atoms with Gasteiger partial charge in [-0.15, -0.1) is 0 Å². The lowest BCUT2D eigenvalue weighted by Gasteiger charge is -2.18. The normalized spacial score (nSPS) is 13.0. The minimum atomic E-state index is -0.788. The molecule has 0 rings (SSSR count). The van der Waals surface area contributed by atoms with Crippen LogP contribution >= 0.6 is 0 Å². The zero-order chi connectivity index (χ0) is 56.4. The monoisotopic (exact) mass is 1080 g/mol. The summed E-state index contributed by atoms with van der Waals surface area (Å²) in [6.07, 6.45) is 91.9. The lowest BCUT2D eigenvalue weighted by Crippen LogP contribution is -2.30. The molecule has 0 bridgehead atoms. The van der Waals surface area contributed by atoms with E-state index >= 15 is 0 Å². The van der Waals surface area contributed by atoms with Gasteiger partial charge in [0, 0.05) is 19.3 Å². The summed E-state index contributed by atoms with van der Waals surface area (Å²) in [5.74, 6) is -0.911. The van der Waals surface area contributed by atoms with Crippen LogP contribution in [0.3, 0.4) is 0 Å². The van der Waals surface area contributed by atoms with Gasteiger partial charge in [-0.3, -0.25) is 14.4 Å². The summed E-state index contributed by atoms with van der Waals surface area (Å²) >= 11 is 0. The first-order valence-corrected chi connectivity index (χ1v) is 32.2. The third kappa shape index (κ3) is 62.4. The summed E-state index contributed by atoms with van der Waals surface area (Å²) < 4.78 is 16.8. The van der Waals surface area contributed by atoms with Gasteiger partial charge in [-0.25, -0.2) is 0 Å². The van der Waals surface area contributed by atoms with Crippen LogP contribution in [0.25, 0.3) is 0 Å². The van der Waals surface area contributed by atoms with Crippen molar-refractivity contribution in [2.24, 2.45) is 0 Å². The maximum Gasteiger partial charge on any atom is 0.306 e. The first-order valence-electron chi connectivity index (χ1n) is 32.2. The van der Waals surface area contributed by atoms with Crippen molar-refractivity contribution in [3.63, 3.8) is 0 Å². The lowest BCUT2D eigenvalue weighted by atomic mass is 10.1. The molecule has 0 saturated carbocycles. The molecule has 0 aliphatic heterocycles. The summed E-state index contributed by atoms with van der Waals surface area (Å²) in [7, 11) is 0. The van der Waals surface area contributed by atoms with E-state index in [0.717, 1.165) is 135 Å². The first kappa shape index (κ1) is 73.5. The Balaban J connectivity index is 4.16. The van der Waals surface area contributed by atoms with Gasteiger partial charge in [-0.1, -0.05) is 276 Å². The highest BCUT2D eigenvalue weighted by atomic mass is 16.6. The standard InChI is InChI=1S/C72H118O6/c1-4-7-10-13-16-18-20-22-24-26-28-29-30-31-32-33-34-35-36-37-38-39-40-41-42-43-44-46-47-49-51-53-56-59-62-65-71(74)77-68-69(67-76-70(73)64-61-58-55-15-12-9-6-3)78-72(75)66-63-60-57-54-52-50-48-45-27-25-23-21-19-17-14-11-8-5-2/h7,10,16,18-19,21-22,24-25,27-29,31-32,34-35,37-38,40-41,43-44,69H,4-6,8-9,11-15,17,20,23,26,30,33,36,39,42,45-68H2,1-3H3/b10-7-,18-16-,21-19-,24-22-,27-25-,29-28-,32-31-,35-34-,38-37-,41-40-,44-43-. The van der Waals surface area contributed by atoms with Gasteiger partial charge < -0.3 is 14.2 Å². The van der Waals surface area contributed by atoms with Gasteiger partial charge in [0.2, 0.25) is 0 Å². The number of rotatable bonds is 57. The van der Waals surface area contributed by atoms with Crippen molar-refractivity contribution in [3.05, 3.63) is 134 Å². The Kier molecular flexibility index (Phi) is 61.4. The van der Waals surface area contributed by atoms with Crippen LogP contribution in [0.2, 0.25) is 0 Å². The van der Waals surface area contributed by atoms with Crippen LogP contribution in [0.5, 0.6) is 0 Å². The SMILES string of the molecule is CC/C=C\C/C=C\C/C=C\C/C=C\C/C=C\C/C=C\C/C=C\C/C=C\C/C=C\CCCCCCCCCC(=O)OCC(COC(=O)CCCCCCCCC)OC(=O)CCCCCCCCC/C=C\C/C=C\CCCCCC. The smallest absolute Gasteiger partial charge is 0.306 e. The molecule has 442 valence electrons. The second kappa shape index (κ2) is 65.1. The van der Waals surface area contributed by atoms with Crippen molar-refractivity contribution in [2.45, 2.75) is 290 Å². The molecular weight excluding hydrogens is 961 g/mol. The zero-order valence-electron chi connectivity index (χ0n) is 50.6. The number of carbonyl (C=O) groups is 3. The number of hydrogen-bond donors (Lipinski definition) is 0. The molecule has 0 heterocycles. The fourth-order valence-corrected chi connectivity index (χ4v) is 8.58. The molecule has 0 amide bonds. The molecule has 0 spiro atoms. The second-order valence-corrected chi connectivity index (χ2v) is 20.9. The lowest BCUT2D eigenvalue weighted by molar-refractivity contribution is -0.167. The van der Waals surface area contributed by atoms with Crippen LogP contribution in [-0.2, 0) is 28.6 Å². The maximum atomic E-state index is 12.8. The van der Waals surface area contributed by atoms with E-state index in [1.54, 1.807) is 0 Å². The molecule has 0 saturated heterocycles. The van der Waals surface area contributed by atoms with Crippen LogP contribution in [0.4, 0.5) is 0 Å². The highest BCUT2D eigenvalue weighted by Crippen LogP contribution is 2.15. The molecule has 0 aromatic heterocycles. The number of ether oxygens (including phenoxy) is 3. The molecule has 6 heteroatoms. The summed E-state index contributed by atoms with van der Waals surface area (Å²) in [6, 6.07) is 0. The van der Waals surface area contributed by atoms with Gasteiger partial charge >= 0.3 is 17.9 Å². The fourth-order valence-electron chi connectivity index (χ4n) is 8.58. The van der Waals surface area contributed by atoms with Crippen molar-refractivity contribution in [3.8, 4) is 0 Å². The molecule has 0 aliphatic carbocycles. The number of esters is 3. The van der Waals surface area contributed by atoms with Crippen molar-refractivity contribution < 1.29 is 28.6 Å². The van der Waals surface area contributed by atoms with Gasteiger partial charge in [0.25, 0.3) is 0 Å². The Labute approximate surface area is 481 Å². The molecule has 0 aromatic rings. The maximum absolute atomic E-state index is 12.8. The number of carbonyl (C=O) groups excluding carboxylic acids is 3. The van der Waals surface area contributed by atoms with E-state index in [1.165, 1.54) is 109 Å². The van der Waals surface area contributed by atoms with Gasteiger partial charge in [0.1, 0.15) is 13.2 Å². The summed E-state index contributed by atoms with van der Waals surface area (Å²) in [4.78, 5) is 38.0. The van der Waals surface area contributed by atoms with E-state index in [1.807, 2.05) is 0 Å². The predicted molar refractivity (Wildman–Crippen MR) is 339 cm³/mol. The van der Waals surface area contributed by atoms with Crippen LogP contribution in [0, 0.1) is 0 Å². The van der Waals surface area contributed by atoms with Gasteiger partial charge in [0.15, 0.2) is 6.10 Å². The molecule has 78 heavy (non-hydrogen) atoms. The van der Waals surface area contributed by atoms with E-state index in [-0.39, 0.29) is 31.1 Å². The van der Waals surface area contributed by atoms with E-state index in [0.29, 0.717) is 19.3 Å². The molecule has 1 unspecified atom stereocenters. The zero-order valence-corrected chi connectivity index (χ0v) is 50.6. The molecule has 0 fully saturated rings. The van der Waals surface area contributed by atoms with Crippen LogP contribution < -0.4 is 0 Å². The third-order valence-corrected chi connectivity index (χ3v) is 13.4. The molecule has 0 N–H and O–H groups in total. The van der Waals surface area contributed by atoms with Crippen LogP contribution in [0.1, 0.15) is 284 Å². The van der Waals surface area contributed by atoms with Crippen LogP contribution in [0.15, 0.2) is 134 Å². The fraction of sp³-hybridized carbons (Fsp3) is 0.653. The molecule has 6 nitrogen and oxygen atoms in total. The predicted octanol–water partition coefficient (Wildman–Crippen LogP) is 22.2. The Morgan fingerprint density at radius 2 is 0.500 bits per heavy atom. The Hall–Kier alpha value is -4.45. The molecular formula is C72H118O6. The van der Waals surface area contributed by atoms with Gasteiger partial charge in [0.05, 0.1) is 0 Å². The van der Waals surface area contributed by atoms with Crippen molar-refractivity contribution in [2.75, 3.05) is 13.2 Å². The average Bonchev–Trinajstić information content (AvgIpc) is 3.44. The number of unbranched alkanes of at least 4 members (excludes halogenated alkanes) is 24. The van der Waals surface area contributed by atoms with E-state index in [2.05, 4.69) is 154 Å². The minimum absolute atomic E-state index is 0.0860. The highest BCUT2D eigenvalue weighted by Gasteiger charge is 2.19. The average molecular weight is 1080 g/mol. The van der Waals surface area contributed by atoms with Gasteiger partial charge in [-0.2, -0.15) is 0 Å². The van der Waals surface area contributed by atoms with E-state index < -0.39 is 6.10 Å². The summed E-state index contributed by atoms with van der Waals surface area (Å²) in [5, 5.41) is 0. The Morgan fingerprint density at radius 1 is 0.269 bits per heavy atom. The minimum Gasteiger partial charge on any atom is -0.462 e. The first-order chi connectivity index (χ1) is 38.5. The molecule has 0 aliphatic rings. The quantitative estimate of drug-likeness (QED) is 0.0261. The summed E-state index contributed by atoms with van der Waals surface area (Å²) in [5.41, 5.74) is 0. The Morgan fingerprint density at radius 3 is 0.795 bits per heavy atom. The molecule has 0 radical (unpaired) electrons. The van der Waals surface area contributed by atoms with E-state index in [4.69, 9.17) is 14.2 Å². The largest absolute Gasteiger partial charge is 0.462 e. The molecule has 1 atom stereocenters. The molecule has 0 aromatic carbocycles. The van der Waals surface area contributed by atoms with Gasteiger partial charge in [-0.05, 0) is 122 Å². The highest BCUT2D eigenvalue weighted by molar-refractivity contribution is 5.71. The number of hydrogen-bond acceptors (Lipinski definition) is 6. The third-order valence-electron chi connectivity index (χ3n) is 13.4. The Bertz CT molecular complexity index is 1670. The van der Waals surface area contributed by atoms with Crippen molar-refractivity contribution in [1.82, 2.24) is 0 Å². The number of allylic oxidation sites excluding steroid dienone is 22. The summed E-state index contributed by atoms with van der Waals surface area (Å²) in [6.45, 7) is 6.45.